The third-order valence-electron chi connectivity index (χ3n) is 4.12. The van der Waals surface area contributed by atoms with Gasteiger partial charge in [0.25, 0.3) is 0 Å². The first-order valence-corrected chi connectivity index (χ1v) is 9.78. The molecule has 1 unspecified atom stereocenters. The van der Waals surface area contributed by atoms with E-state index in [0.29, 0.717) is 17.5 Å². The van der Waals surface area contributed by atoms with E-state index in [1.54, 1.807) is 48.5 Å². The zero-order chi connectivity index (χ0) is 19.9. The molecule has 0 amide bonds. The zero-order valence-corrected chi connectivity index (χ0v) is 16.1. The fraction of sp³-hybridized carbons (Fsp3) is 0.286. The highest BCUT2D eigenvalue weighted by Crippen LogP contribution is 2.37. The summed E-state index contributed by atoms with van der Waals surface area (Å²) >= 11 is 1.32. The molecule has 2 aromatic carbocycles. The van der Waals surface area contributed by atoms with Crippen molar-refractivity contribution in [3.05, 3.63) is 71.8 Å². The largest absolute Gasteiger partial charge is 0.461 e. The molecule has 3 rings (SSSR count). The second-order valence-electron chi connectivity index (χ2n) is 6.22. The van der Waals surface area contributed by atoms with Crippen molar-refractivity contribution in [2.24, 2.45) is 0 Å². The van der Waals surface area contributed by atoms with Gasteiger partial charge in [-0.25, -0.2) is 9.59 Å². The van der Waals surface area contributed by atoms with Crippen molar-refractivity contribution in [1.29, 1.82) is 0 Å². The number of esters is 3. The lowest BCUT2D eigenvalue weighted by molar-refractivity contribution is -0.142. The van der Waals surface area contributed by atoms with Crippen LogP contribution in [0, 0.1) is 0 Å². The molecule has 0 radical (unpaired) electrons. The van der Waals surface area contributed by atoms with Gasteiger partial charge in [-0.1, -0.05) is 36.4 Å². The predicted molar refractivity (Wildman–Crippen MR) is 104 cm³/mol. The lowest BCUT2D eigenvalue weighted by atomic mass is 10.2. The summed E-state index contributed by atoms with van der Waals surface area (Å²) in [6.45, 7) is 1.37. The molecule has 1 fully saturated rings. The van der Waals surface area contributed by atoms with Crippen molar-refractivity contribution in [2.45, 2.75) is 30.1 Å². The van der Waals surface area contributed by atoms with Crippen LogP contribution in [0.1, 0.15) is 34.1 Å². The Hall–Kier alpha value is -2.80. The van der Waals surface area contributed by atoms with E-state index < -0.39 is 29.4 Å². The number of hydrogen-bond acceptors (Lipinski definition) is 7. The Bertz CT molecular complexity index is 823. The summed E-state index contributed by atoms with van der Waals surface area (Å²) in [6.07, 6.45) is -0.193. The molecular weight excluding hydrogens is 380 g/mol. The molecule has 0 aromatic heterocycles. The Morgan fingerprint density at radius 1 is 0.893 bits per heavy atom. The smallest absolute Gasteiger partial charge is 0.338 e. The molecule has 1 aliphatic rings. The average molecular weight is 400 g/mol. The van der Waals surface area contributed by atoms with Crippen LogP contribution in [0.4, 0.5) is 0 Å². The van der Waals surface area contributed by atoms with Crippen molar-refractivity contribution < 1.29 is 28.6 Å². The normalized spacial score (nSPS) is 21.0. The van der Waals surface area contributed by atoms with E-state index >= 15 is 0 Å². The molecule has 0 spiro atoms. The fourth-order valence-corrected chi connectivity index (χ4v) is 4.18. The molecule has 146 valence electrons. The van der Waals surface area contributed by atoms with Crippen molar-refractivity contribution in [1.82, 2.24) is 0 Å². The highest BCUT2D eigenvalue weighted by atomic mass is 32.2. The van der Waals surface area contributed by atoms with E-state index in [9.17, 15) is 14.4 Å². The molecule has 28 heavy (non-hydrogen) atoms. The summed E-state index contributed by atoms with van der Waals surface area (Å²) in [5.74, 6) is -1.33. The van der Waals surface area contributed by atoms with Crippen LogP contribution in [-0.4, -0.2) is 41.3 Å². The Labute approximate surface area is 167 Å². The van der Waals surface area contributed by atoms with Gasteiger partial charge in [0.2, 0.25) is 0 Å². The first-order valence-electron chi connectivity index (χ1n) is 8.84. The van der Waals surface area contributed by atoms with Crippen LogP contribution < -0.4 is 0 Å². The summed E-state index contributed by atoms with van der Waals surface area (Å²) in [7, 11) is 0. The molecule has 0 N–H and O–H groups in total. The molecule has 6 nitrogen and oxygen atoms in total. The maximum atomic E-state index is 12.4. The minimum Gasteiger partial charge on any atom is -0.461 e. The van der Waals surface area contributed by atoms with Gasteiger partial charge in [0.15, 0.2) is 5.44 Å². The van der Waals surface area contributed by atoms with Crippen LogP contribution >= 0.6 is 11.8 Å². The summed E-state index contributed by atoms with van der Waals surface area (Å²) in [5.41, 5.74) is 0.426. The first kappa shape index (κ1) is 19.9. The number of hydrogen-bond donors (Lipinski definition) is 0. The van der Waals surface area contributed by atoms with E-state index in [1.807, 2.05) is 12.1 Å². The summed E-state index contributed by atoms with van der Waals surface area (Å²) in [5, 5.41) is -0.329. The molecule has 0 aliphatic carbocycles. The summed E-state index contributed by atoms with van der Waals surface area (Å²) in [4.78, 5) is 35.9. The van der Waals surface area contributed by atoms with Crippen LogP contribution in [0.2, 0.25) is 0 Å². The van der Waals surface area contributed by atoms with Gasteiger partial charge in [0.05, 0.1) is 16.4 Å². The van der Waals surface area contributed by atoms with Gasteiger partial charge in [-0.15, -0.1) is 11.8 Å². The zero-order valence-electron chi connectivity index (χ0n) is 15.3. The van der Waals surface area contributed by atoms with Crippen LogP contribution in [0.15, 0.2) is 60.7 Å². The SMILES string of the molecule is CC(=O)OC1C[C@H](OC(=O)c2ccccc2)[C@H](COC(=O)c2ccccc2)S1. The van der Waals surface area contributed by atoms with Gasteiger partial charge in [-0.2, -0.15) is 0 Å². The van der Waals surface area contributed by atoms with Crippen LogP contribution in [0.25, 0.3) is 0 Å². The van der Waals surface area contributed by atoms with E-state index in [1.165, 1.54) is 18.7 Å². The molecule has 3 atom stereocenters. The minimum atomic E-state index is -0.536. The van der Waals surface area contributed by atoms with Crippen LogP contribution in [0.3, 0.4) is 0 Å². The number of thioether (sulfide) groups is 1. The lowest BCUT2D eigenvalue weighted by Gasteiger charge is -2.18. The van der Waals surface area contributed by atoms with Crippen molar-refractivity contribution in [3.63, 3.8) is 0 Å². The van der Waals surface area contributed by atoms with Gasteiger partial charge in [0, 0.05) is 13.3 Å². The number of benzene rings is 2. The number of ether oxygens (including phenoxy) is 3. The molecule has 0 saturated carbocycles. The highest BCUT2D eigenvalue weighted by Gasteiger charge is 2.40. The van der Waals surface area contributed by atoms with Gasteiger partial charge in [0.1, 0.15) is 12.7 Å². The van der Waals surface area contributed by atoms with E-state index in [4.69, 9.17) is 14.2 Å². The van der Waals surface area contributed by atoms with Gasteiger partial charge in [-0.3, -0.25) is 4.79 Å². The third kappa shape index (κ3) is 5.36. The Morgan fingerprint density at radius 2 is 1.46 bits per heavy atom. The Morgan fingerprint density at radius 3 is 2.04 bits per heavy atom. The standard InChI is InChI=1S/C21H20O6S/c1-14(22)26-19-12-17(27-21(24)16-10-6-3-7-11-16)18(28-19)13-25-20(23)15-8-4-2-5-9-15/h2-11,17-19H,12-13H2,1H3/t17-,18-,19?/m0/s1. The summed E-state index contributed by atoms with van der Waals surface area (Å²) < 4.78 is 16.3. The van der Waals surface area contributed by atoms with E-state index in [0.717, 1.165) is 0 Å². The topological polar surface area (TPSA) is 78.9 Å². The molecule has 1 saturated heterocycles. The van der Waals surface area contributed by atoms with Gasteiger partial charge in [-0.05, 0) is 24.3 Å². The van der Waals surface area contributed by atoms with Crippen LogP contribution in [-0.2, 0) is 19.0 Å². The lowest BCUT2D eigenvalue weighted by Crippen LogP contribution is -2.29. The van der Waals surface area contributed by atoms with Crippen LogP contribution in [0.5, 0.6) is 0 Å². The maximum absolute atomic E-state index is 12.4. The number of rotatable bonds is 6. The highest BCUT2D eigenvalue weighted by molar-refractivity contribution is 8.00. The predicted octanol–water partition coefficient (Wildman–Crippen LogP) is 3.46. The molecule has 2 aromatic rings. The molecular formula is C21H20O6S. The summed E-state index contributed by atoms with van der Waals surface area (Å²) in [6, 6.07) is 17.3. The Kier molecular flexibility index (Phi) is 6.71. The van der Waals surface area contributed by atoms with Gasteiger partial charge < -0.3 is 14.2 Å². The van der Waals surface area contributed by atoms with Crippen molar-refractivity contribution in [2.75, 3.05) is 6.61 Å². The number of carbonyl (C=O) groups excluding carboxylic acids is 3. The minimum absolute atomic E-state index is 0.0445. The Balaban J connectivity index is 1.64. The quantitative estimate of drug-likeness (QED) is 0.543. The van der Waals surface area contributed by atoms with Crippen molar-refractivity contribution >= 4 is 29.7 Å². The second kappa shape index (κ2) is 9.41. The monoisotopic (exact) mass is 400 g/mol. The van der Waals surface area contributed by atoms with E-state index in [2.05, 4.69) is 0 Å². The maximum Gasteiger partial charge on any atom is 0.338 e. The average Bonchev–Trinajstić information content (AvgIpc) is 3.07. The molecule has 0 bridgehead atoms. The fourth-order valence-electron chi connectivity index (χ4n) is 2.81. The van der Waals surface area contributed by atoms with Gasteiger partial charge >= 0.3 is 17.9 Å². The molecule has 1 heterocycles. The van der Waals surface area contributed by atoms with E-state index in [-0.39, 0.29) is 11.9 Å². The van der Waals surface area contributed by atoms with Crippen molar-refractivity contribution in [3.8, 4) is 0 Å². The number of carbonyl (C=O) groups is 3. The molecule has 1 aliphatic heterocycles. The first-order chi connectivity index (χ1) is 13.5. The second-order valence-corrected chi connectivity index (χ2v) is 7.63. The molecule has 7 heteroatoms. The third-order valence-corrected chi connectivity index (χ3v) is 5.50.